The molecule has 0 aliphatic heterocycles. The number of aryl methyl sites for hydroxylation is 1. The molecule has 1 aromatic rings. The summed E-state index contributed by atoms with van der Waals surface area (Å²) in [4.78, 5) is 0. The lowest BCUT2D eigenvalue weighted by molar-refractivity contribution is 0.467. The van der Waals surface area contributed by atoms with Crippen molar-refractivity contribution >= 4 is 0 Å². The molecule has 0 heterocycles. The molecule has 2 nitrogen and oxygen atoms in total. The Bertz CT molecular complexity index is 318. The monoisotopic (exact) mass is 165 g/mol. The second-order valence-electron chi connectivity index (χ2n) is 2.56. The van der Waals surface area contributed by atoms with Crippen LogP contribution < -0.4 is 0 Å². The van der Waals surface area contributed by atoms with Gasteiger partial charge in [0.25, 0.3) is 0 Å². The molecule has 0 saturated carbocycles. The van der Waals surface area contributed by atoms with Crippen molar-refractivity contribution in [2.45, 2.75) is 13.3 Å². The molecule has 1 aromatic carbocycles. The van der Waals surface area contributed by atoms with Crippen molar-refractivity contribution < 1.29 is 9.50 Å². The maximum absolute atomic E-state index is 13.0. The topological polar surface area (TPSA) is 44.0 Å². The van der Waals surface area contributed by atoms with Gasteiger partial charge in [-0.2, -0.15) is 5.26 Å². The van der Waals surface area contributed by atoms with Crippen LogP contribution in [0.5, 0.6) is 5.75 Å². The van der Waals surface area contributed by atoms with Gasteiger partial charge in [0, 0.05) is 11.6 Å². The molecule has 0 radical (unpaired) electrons. The van der Waals surface area contributed by atoms with Gasteiger partial charge in [0.15, 0.2) is 0 Å². The minimum atomic E-state index is -0.519. The first-order valence-electron chi connectivity index (χ1n) is 3.50. The molecule has 1 N–H and O–H groups in total. The molecule has 0 amide bonds. The van der Waals surface area contributed by atoms with Crippen LogP contribution in [0.3, 0.4) is 0 Å². The molecule has 0 fully saturated rings. The molecule has 0 saturated heterocycles. The second-order valence-corrected chi connectivity index (χ2v) is 2.56. The normalized spacial score (nSPS) is 9.42. The quantitative estimate of drug-likeness (QED) is 0.690. The molecule has 0 aliphatic carbocycles. The fourth-order valence-corrected chi connectivity index (χ4v) is 1.06. The third-order valence-corrected chi connectivity index (χ3v) is 1.66. The molecule has 0 atom stereocenters. The fourth-order valence-electron chi connectivity index (χ4n) is 1.06. The van der Waals surface area contributed by atoms with Crippen molar-refractivity contribution in [2.24, 2.45) is 0 Å². The van der Waals surface area contributed by atoms with E-state index in [9.17, 15) is 4.39 Å². The summed E-state index contributed by atoms with van der Waals surface area (Å²) >= 11 is 0. The summed E-state index contributed by atoms with van der Waals surface area (Å²) < 4.78 is 13.0. The average molecular weight is 165 g/mol. The predicted molar refractivity (Wildman–Crippen MR) is 42.1 cm³/mol. The van der Waals surface area contributed by atoms with Gasteiger partial charge in [-0.3, -0.25) is 0 Å². The van der Waals surface area contributed by atoms with Crippen molar-refractivity contribution in [1.29, 1.82) is 5.26 Å². The van der Waals surface area contributed by atoms with Gasteiger partial charge >= 0.3 is 0 Å². The van der Waals surface area contributed by atoms with E-state index in [1.807, 2.05) is 6.07 Å². The summed E-state index contributed by atoms with van der Waals surface area (Å²) in [5.41, 5.74) is 0.962. The number of hydrogen-bond donors (Lipinski definition) is 1. The van der Waals surface area contributed by atoms with Crippen LogP contribution in [0.4, 0.5) is 4.39 Å². The van der Waals surface area contributed by atoms with Crippen molar-refractivity contribution in [3.63, 3.8) is 0 Å². The van der Waals surface area contributed by atoms with Crippen LogP contribution in [0, 0.1) is 24.1 Å². The Hall–Kier alpha value is -1.56. The van der Waals surface area contributed by atoms with Crippen LogP contribution >= 0.6 is 0 Å². The lowest BCUT2D eigenvalue weighted by Crippen LogP contribution is -1.92. The highest BCUT2D eigenvalue weighted by Crippen LogP contribution is 2.19. The van der Waals surface area contributed by atoms with E-state index in [1.165, 1.54) is 6.07 Å². The molecule has 0 unspecified atom stereocenters. The van der Waals surface area contributed by atoms with Gasteiger partial charge in [-0.15, -0.1) is 0 Å². The number of aromatic hydroxyl groups is 1. The number of phenolic OH excluding ortho intramolecular Hbond substituents is 1. The first-order valence-corrected chi connectivity index (χ1v) is 3.50. The number of halogens is 1. The zero-order valence-electron chi connectivity index (χ0n) is 6.63. The Balaban J connectivity index is 3.21. The molecule has 0 spiro atoms. The van der Waals surface area contributed by atoms with E-state index in [4.69, 9.17) is 10.4 Å². The van der Waals surface area contributed by atoms with Gasteiger partial charge in [0.2, 0.25) is 0 Å². The van der Waals surface area contributed by atoms with E-state index in [-0.39, 0.29) is 12.2 Å². The van der Waals surface area contributed by atoms with Gasteiger partial charge in [0.1, 0.15) is 11.6 Å². The molecule has 1 rings (SSSR count). The standard InChI is InChI=1S/C9H8FNO/c1-6-4-7(12)5-9(10)8(6)2-3-11/h4-5,12H,2H2,1H3. The summed E-state index contributed by atoms with van der Waals surface area (Å²) in [6.45, 7) is 1.66. The van der Waals surface area contributed by atoms with Gasteiger partial charge < -0.3 is 5.11 Å². The molecule has 3 heteroatoms. The highest BCUT2D eigenvalue weighted by Gasteiger charge is 2.06. The Morgan fingerprint density at radius 2 is 2.25 bits per heavy atom. The van der Waals surface area contributed by atoms with Gasteiger partial charge in [-0.25, -0.2) is 4.39 Å². The molecular formula is C9H8FNO. The summed E-state index contributed by atoms with van der Waals surface area (Å²) in [6, 6.07) is 4.32. The number of hydrogen-bond acceptors (Lipinski definition) is 2. The predicted octanol–water partition coefficient (Wildman–Crippen LogP) is 1.91. The number of nitriles is 1. The summed E-state index contributed by atoms with van der Waals surface area (Å²) in [5, 5.41) is 17.3. The van der Waals surface area contributed by atoms with Crippen LogP contribution in [0.1, 0.15) is 11.1 Å². The van der Waals surface area contributed by atoms with E-state index in [2.05, 4.69) is 0 Å². The van der Waals surface area contributed by atoms with Crippen molar-refractivity contribution in [2.75, 3.05) is 0 Å². The van der Waals surface area contributed by atoms with Gasteiger partial charge in [-0.05, 0) is 18.6 Å². The van der Waals surface area contributed by atoms with Crippen molar-refractivity contribution in [3.05, 3.63) is 29.1 Å². The summed E-state index contributed by atoms with van der Waals surface area (Å²) in [7, 11) is 0. The number of nitrogens with zero attached hydrogens (tertiary/aromatic N) is 1. The molecule has 0 aromatic heterocycles. The van der Waals surface area contributed by atoms with Crippen LogP contribution in [-0.4, -0.2) is 5.11 Å². The highest BCUT2D eigenvalue weighted by molar-refractivity contribution is 5.36. The Labute approximate surface area is 69.9 Å². The SMILES string of the molecule is Cc1cc(O)cc(F)c1CC#N. The second kappa shape index (κ2) is 3.22. The van der Waals surface area contributed by atoms with Crippen LogP contribution in [-0.2, 0) is 6.42 Å². The fraction of sp³-hybridized carbons (Fsp3) is 0.222. The summed E-state index contributed by atoms with van der Waals surface area (Å²) in [5.74, 6) is -0.624. The third kappa shape index (κ3) is 1.54. The van der Waals surface area contributed by atoms with Crippen LogP contribution in [0.2, 0.25) is 0 Å². The highest BCUT2D eigenvalue weighted by atomic mass is 19.1. The smallest absolute Gasteiger partial charge is 0.131 e. The molecule has 0 bridgehead atoms. The first-order chi connectivity index (χ1) is 5.65. The number of rotatable bonds is 1. The molecule has 0 aliphatic rings. The molecule has 62 valence electrons. The summed E-state index contributed by atoms with van der Waals surface area (Å²) in [6.07, 6.45) is 0.0396. The van der Waals surface area contributed by atoms with Gasteiger partial charge in [0.05, 0.1) is 12.5 Å². The van der Waals surface area contributed by atoms with Crippen LogP contribution in [0.15, 0.2) is 12.1 Å². The zero-order chi connectivity index (χ0) is 9.14. The number of benzene rings is 1. The maximum atomic E-state index is 13.0. The minimum absolute atomic E-state index is 0.0396. The lowest BCUT2D eigenvalue weighted by Gasteiger charge is -2.03. The lowest BCUT2D eigenvalue weighted by atomic mass is 10.1. The maximum Gasteiger partial charge on any atom is 0.131 e. The van der Waals surface area contributed by atoms with Crippen LogP contribution in [0.25, 0.3) is 0 Å². The van der Waals surface area contributed by atoms with E-state index in [0.717, 1.165) is 6.07 Å². The largest absolute Gasteiger partial charge is 0.508 e. The van der Waals surface area contributed by atoms with Crippen molar-refractivity contribution in [1.82, 2.24) is 0 Å². The van der Waals surface area contributed by atoms with E-state index >= 15 is 0 Å². The number of phenols is 1. The minimum Gasteiger partial charge on any atom is -0.508 e. The van der Waals surface area contributed by atoms with Gasteiger partial charge in [-0.1, -0.05) is 0 Å². The van der Waals surface area contributed by atoms with E-state index in [0.29, 0.717) is 11.1 Å². The zero-order valence-corrected chi connectivity index (χ0v) is 6.63. The third-order valence-electron chi connectivity index (χ3n) is 1.66. The Kier molecular flexibility index (Phi) is 2.29. The Morgan fingerprint density at radius 3 is 2.75 bits per heavy atom. The Morgan fingerprint density at radius 1 is 1.58 bits per heavy atom. The molecule has 12 heavy (non-hydrogen) atoms. The van der Waals surface area contributed by atoms with E-state index in [1.54, 1.807) is 6.92 Å². The molecular weight excluding hydrogens is 157 g/mol. The average Bonchev–Trinajstić information content (AvgIpc) is 1.96. The van der Waals surface area contributed by atoms with E-state index < -0.39 is 5.82 Å². The van der Waals surface area contributed by atoms with Crippen molar-refractivity contribution in [3.8, 4) is 11.8 Å². The first kappa shape index (κ1) is 8.54.